The van der Waals surface area contributed by atoms with E-state index in [1.54, 1.807) is 18.2 Å². The van der Waals surface area contributed by atoms with Gasteiger partial charge in [-0.1, -0.05) is 55.8 Å². The van der Waals surface area contributed by atoms with Crippen molar-refractivity contribution in [2.75, 3.05) is 0 Å². The molecule has 3 nitrogen and oxygen atoms in total. The number of rotatable bonds is 2. The summed E-state index contributed by atoms with van der Waals surface area (Å²) in [7, 11) is 0. The molecule has 23 heavy (non-hydrogen) atoms. The zero-order valence-corrected chi connectivity index (χ0v) is 14.8. The number of aromatic nitrogens is 1. The molecule has 2 N–H and O–H groups in total. The van der Waals surface area contributed by atoms with Crippen LogP contribution >= 0.6 is 23.2 Å². The van der Waals surface area contributed by atoms with E-state index < -0.39 is 0 Å². The molecule has 1 aliphatic carbocycles. The van der Waals surface area contributed by atoms with Gasteiger partial charge in [0.1, 0.15) is 5.69 Å². The number of amides is 1. The summed E-state index contributed by atoms with van der Waals surface area (Å²) in [5, 5.41) is 5.11. The average Bonchev–Trinajstić information content (AvgIpc) is 2.89. The molecule has 3 rings (SSSR count). The fourth-order valence-electron chi connectivity index (χ4n) is 3.40. The molecule has 0 radical (unpaired) electrons. The lowest BCUT2D eigenvalue weighted by molar-refractivity contribution is 0.0925. The normalized spacial score (nSPS) is 22.6. The highest BCUT2D eigenvalue weighted by Crippen LogP contribution is 2.28. The van der Waals surface area contributed by atoms with Crippen LogP contribution in [-0.2, 0) is 0 Å². The Labute approximate surface area is 146 Å². The molecule has 1 aromatic heterocycles. The van der Waals surface area contributed by atoms with Crippen LogP contribution in [0.5, 0.6) is 0 Å². The van der Waals surface area contributed by atoms with Gasteiger partial charge in [-0.25, -0.2) is 0 Å². The minimum absolute atomic E-state index is 0.0630. The summed E-state index contributed by atoms with van der Waals surface area (Å²) in [5.74, 6) is 0.749. The van der Waals surface area contributed by atoms with E-state index in [0.29, 0.717) is 15.7 Å². The van der Waals surface area contributed by atoms with Crippen molar-refractivity contribution >= 4 is 40.0 Å². The third-order valence-electron chi connectivity index (χ3n) is 4.73. The van der Waals surface area contributed by atoms with Gasteiger partial charge in [-0.3, -0.25) is 4.79 Å². The number of benzene rings is 1. The first-order valence-corrected chi connectivity index (χ1v) is 9.07. The Kier molecular flexibility index (Phi) is 5.17. The second-order valence-electron chi connectivity index (χ2n) is 6.67. The molecule has 5 heteroatoms. The predicted octanol–water partition coefficient (Wildman–Crippen LogP) is 5.56. The Balaban J connectivity index is 1.71. The monoisotopic (exact) mass is 352 g/mol. The molecule has 1 aromatic carbocycles. The van der Waals surface area contributed by atoms with E-state index in [4.69, 9.17) is 23.2 Å². The molecule has 0 atom stereocenters. The van der Waals surface area contributed by atoms with Gasteiger partial charge in [-0.05, 0) is 37.0 Å². The maximum Gasteiger partial charge on any atom is 0.267 e. The third kappa shape index (κ3) is 4.02. The van der Waals surface area contributed by atoms with Gasteiger partial charge in [0.05, 0.1) is 5.02 Å². The van der Waals surface area contributed by atoms with Crippen LogP contribution in [0.4, 0.5) is 0 Å². The maximum atomic E-state index is 12.5. The first-order chi connectivity index (χ1) is 11.0. The van der Waals surface area contributed by atoms with Crippen LogP contribution in [0.1, 0.15) is 55.9 Å². The van der Waals surface area contributed by atoms with Gasteiger partial charge in [0.25, 0.3) is 5.91 Å². The fraction of sp³-hybridized carbons (Fsp3) is 0.500. The molecule has 1 amide bonds. The summed E-state index contributed by atoms with van der Waals surface area (Å²) in [6.07, 6.45) is 6.99. The lowest BCUT2D eigenvalue weighted by atomic mass is 9.90. The van der Waals surface area contributed by atoms with E-state index >= 15 is 0 Å². The molecular formula is C18H22Cl2N2O. The van der Waals surface area contributed by atoms with Crippen LogP contribution in [0.2, 0.25) is 10.0 Å². The molecule has 0 aliphatic heterocycles. The lowest BCUT2D eigenvalue weighted by Crippen LogP contribution is -2.35. The minimum atomic E-state index is -0.0630. The van der Waals surface area contributed by atoms with Crippen molar-refractivity contribution in [1.82, 2.24) is 10.3 Å². The van der Waals surface area contributed by atoms with Crippen LogP contribution in [0.15, 0.2) is 18.2 Å². The summed E-state index contributed by atoms with van der Waals surface area (Å²) >= 11 is 12.2. The topological polar surface area (TPSA) is 44.9 Å². The molecule has 1 aliphatic rings. The first kappa shape index (κ1) is 16.7. The van der Waals surface area contributed by atoms with E-state index in [2.05, 4.69) is 17.2 Å². The fourth-order valence-corrected chi connectivity index (χ4v) is 3.95. The zero-order valence-electron chi connectivity index (χ0n) is 13.3. The van der Waals surface area contributed by atoms with E-state index in [0.717, 1.165) is 29.7 Å². The van der Waals surface area contributed by atoms with Crippen molar-refractivity contribution in [3.8, 4) is 0 Å². The largest absolute Gasteiger partial charge is 0.350 e. The summed E-state index contributed by atoms with van der Waals surface area (Å²) in [4.78, 5) is 15.6. The average molecular weight is 353 g/mol. The quantitative estimate of drug-likeness (QED) is 0.729. The van der Waals surface area contributed by atoms with Gasteiger partial charge in [0.2, 0.25) is 0 Å². The number of nitrogens with one attached hydrogen (secondary N) is 2. The Morgan fingerprint density at radius 2 is 1.83 bits per heavy atom. The highest BCUT2D eigenvalue weighted by molar-refractivity contribution is 6.38. The predicted molar refractivity (Wildman–Crippen MR) is 96.4 cm³/mol. The Morgan fingerprint density at radius 3 is 2.52 bits per heavy atom. The van der Waals surface area contributed by atoms with Gasteiger partial charge in [-0.15, -0.1) is 0 Å². The van der Waals surface area contributed by atoms with E-state index in [-0.39, 0.29) is 11.9 Å². The van der Waals surface area contributed by atoms with E-state index in [1.165, 1.54) is 25.7 Å². The molecule has 0 spiro atoms. The van der Waals surface area contributed by atoms with Gasteiger partial charge in [0.15, 0.2) is 0 Å². The minimum Gasteiger partial charge on any atom is -0.350 e. The first-order valence-electron chi connectivity index (χ1n) is 8.31. The Bertz CT molecular complexity index is 700. The maximum absolute atomic E-state index is 12.5. The van der Waals surface area contributed by atoms with E-state index in [1.807, 2.05) is 0 Å². The van der Waals surface area contributed by atoms with Crippen molar-refractivity contribution in [2.24, 2.45) is 5.92 Å². The molecular weight excluding hydrogens is 331 g/mol. The smallest absolute Gasteiger partial charge is 0.267 e. The Morgan fingerprint density at radius 1 is 1.13 bits per heavy atom. The number of carbonyl (C=O) groups is 1. The summed E-state index contributed by atoms with van der Waals surface area (Å²) in [6, 6.07) is 5.54. The summed E-state index contributed by atoms with van der Waals surface area (Å²) in [5.41, 5.74) is 1.33. The zero-order chi connectivity index (χ0) is 16.4. The molecule has 0 saturated heterocycles. The van der Waals surface area contributed by atoms with Crippen molar-refractivity contribution in [3.63, 3.8) is 0 Å². The number of halogens is 2. The van der Waals surface area contributed by atoms with Gasteiger partial charge in [-0.2, -0.15) is 0 Å². The van der Waals surface area contributed by atoms with Gasteiger partial charge in [0, 0.05) is 22.0 Å². The van der Waals surface area contributed by atoms with Crippen molar-refractivity contribution in [3.05, 3.63) is 33.9 Å². The SMILES string of the molecule is CC1CCCC(NC(=O)c2cc3c(Cl)cc(Cl)cc3[nH]2)CCC1. The van der Waals surface area contributed by atoms with Crippen molar-refractivity contribution < 1.29 is 4.79 Å². The van der Waals surface area contributed by atoms with Crippen LogP contribution in [0, 0.1) is 5.92 Å². The number of hydrogen-bond donors (Lipinski definition) is 2. The molecule has 0 bridgehead atoms. The number of H-pyrrole nitrogens is 1. The van der Waals surface area contributed by atoms with Crippen LogP contribution < -0.4 is 5.32 Å². The Hall–Kier alpha value is -1.19. The van der Waals surface area contributed by atoms with Crippen molar-refractivity contribution in [2.45, 2.75) is 51.5 Å². The molecule has 1 saturated carbocycles. The number of fused-ring (bicyclic) bond motifs is 1. The number of carbonyl (C=O) groups excluding carboxylic acids is 1. The third-order valence-corrected chi connectivity index (χ3v) is 5.26. The molecule has 124 valence electrons. The second kappa shape index (κ2) is 7.14. The van der Waals surface area contributed by atoms with Gasteiger partial charge < -0.3 is 10.3 Å². The van der Waals surface area contributed by atoms with Crippen LogP contribution in [-0.4, -0.2) is 16.9 Å². The molecule has 2 aromatic rings. The summed E-state index contributed by atoms with van der Waals surface area (Å²) < 4.78 is 0. The summed E-state index contributed by atoms with van der Waals surface area (Å²) in [6.45, 7) is 2.32. The van der Waals surface area contributed by atoms with Crippen LogP contribution in [0.25, 0.3) is 10.9 Å². The van der Waals surface area contributed by atoms with Crippen molar-refractivity contribution in [1.29, 1.82) is 0 Å². The second-order valence-corrected chi connectivity index (χ2v) is 7.51. The lowest BCUT2D eigenvalue weighted by Gasteiger charge is -2.23. The van der Waals surface area contributed by atoms with E-state index in [9.17, 15) is 4.79 Å². The highest BCUT2D eigenvalue weighted by atomic mass is 35.5. The standard InChI is InChI=1S/C18H22Cl2N2O/c1-11-4-2-6-13(7-3-5-11)21-18(23)17-10-14-15(20)8-12(19)9-16(14)22-17/h8-11,13,22H,2-7H2,1H3,(H,21,23). The van der Waals surface area contributed by atoms with Gasteiger partial charge >= 0.3 is 0 Å². The number of aromatic amines is 1. The highest BCUT2D eigenvalue weighted by Gasteiger charge is 2.18. The number of hydrogen-bond acceptors (Lipinski definition) is 1. The van der Waals surface area contributed by atoms with Crippen LogP contribution in [0.3, 0.4) is 0 Å². The molecule has 0 unspecified atom stereocenters. The molecule has 1 heterocycles. The molecule has 1 fully saturated rings.